The highest BCUT2D eigenvalue weighted by molar-refractivity contribution is 5.81. The van der Waals surface area contributed by atoms with E-state index in [1.165, 1.54) is 0 Å². The third kappa shape index (κ3) is 3.83. The molecule has 0 saturated heterocycles. The van der Waals surface area contributed by atoms with Gasteiger partial charge < -0.3 is 15.5 Å². The molecule has 0 aliphatic rings. The van der Waals surface area contributed by atoms with E-state index in [1.54, 1.807) is 42.5 Å². The maximum absolute atomic E-state index is 11.8. The van der Waals surface area contributed by atoms with Gasteiger partial charge in [-0.1, -0.05) is 42.5 Å². The van der Waals surface area contributed by atoms with E-state index < -0.39 is 12.0 Å². The summed E-state index contributed by atoms with van der Waals surface area (Å²) in [6.45, 7) is 0.409. The fourth-order valence-electron chi connectivity index (χ4n) is 1.93. The molecule has 4 nitrogen and oxygen atoms in total. The fourth-order valence-corrected chi connectivity index (χ4v) is 1.93. The molecule has 0 heterocycles. The van der Waals surface area contributed by atoms with Gasteiger partial charge in [0.25, 0.3) is 5.91 Å². The quantitative estimate of drug-likeness (QED) is 0.776. The summed E-state index contributed by atoms with van der Waals surface area (Å²) in [5, 5.41) is 21.9. The lowest BCUT2D eigenvalue weighted by atomic mass is 10.1. The number of phenols is 1. The van der Waals surface area contributed by atoms with Crippen molar-refractivity contribution < 1.29 is 15.0 Å². The molecule has 1 atom stereocenters. The minimum atomic E-state index is -1.15. The molecule has 3 N–H and O–H groups in total. The van der Waals surface area contributed by atoms with Crippen LogP contribution in [0.1, 0.15) is 17.2 Å². The first-order valence-electron chi connectivity index (χ1n) is 6.45. The molecule has 0 unspecified atom stereocenters. The van der Waals surface area contributed by atoms with Crippen LogP contribution in [0.25, 0.3) is 0 Å². The molecule has 2 aromatic carbocycles. The average molecular weight is 271 g/mol. The van der Waals surface area contributed by atoms with Crippen molar-refractivity contribution in [2.24, 2.45) is 0 Å². The van der Waals surface area contributed by atoms with Crippen molar-refractivity contribution in [2.75, 3.05) is 6.54 Å². The van der Waals surface area contributed by atoms with E-state index in [1.807, 2.05) is 12.1 Å². The number of rotatable bonds is 5. The maximum Gasteiger partial charge on any atom is 0.253 e. The van der Waals surface area contributed by atoms with Gasteiger partial charge in [0.15, 0.2) is 6.10 Å². The van der Waals surface area contributed by atoms with E-state index in [2.05, 4.69) is 5.32 Å². The second kappa shape index (κ2) is 6.73. The number of phenolic OH excluding ortho intramolecular Hbond substituents is 1. The molecule has 0 spiro atoms. The SMILES string of the molecule is O=C(NCCc1cccc(O)c1)[C@@H](O)c1ccccc1. The van der Waals surface area contributed by atoms with Crippen LogP contribution in [0.4, 0.5) is 0 Å². The summed E-state index contributed by atoms with van der Waals surface area (Å²) in [6.07, 6.45) is -0.554. The van der Waals surface area contributed by atoms with E-state index in [-0.39, 0.29) is 5.75 Å². The fraction of sp³-hybridized carbons (Fsp3) is 0.188. The molecule has 0 aliphatic heterocycles. The van der Waals surface area contributed by atoms with Crippen LogP contribution in [0.2, 0.25) is 0 Å². The molecule has 0 aromatic heterocycles. The van der Waals surface area contributed by atoms with Crippen LogP contribution in [0, 0.1) is 0 Å². The molecule has 0 aliphatic carbocycles. The number of amides is 1. The number of nitrogens with one attached hydrogen (secondary N) is 1. The number of hydrogen-bond acceptors (Lipinski definition) is 3. The highest BCUT2D eigenvalue weighted by atomic mass is 16.3. The Morgan fingerprint density at radius 3 is 2.55 bits per heavy atom. The Bertz CT molecular complexity index is 569. The van der Waals surface area contributed by atoms with Gasteiger partial charge in [-0.05, 0) is 29.7 Å². The molecule has 4 heteroatoms. The summed E-state index contributed by atoms with van der Waals surface area (Å²) in [5.74, 6) is -0.213. The second-order valence-corrected chi connectivity index (χ2v) is 4.52. The normalized spacial score (nSPS) is 11.8. The zero-order valence-corrected chi connectivity index (χ0v) is 11.0. The lowest BCUT2D eigenvalue weighted by Gasteiger charge is -2.11. The zero-order chi connectivity index (χ0) is 14.4. The number of benzene rings is 2. The smallest absolute Gasteiger partial charge is 0.253 e. The molecule has 1 amide bonds. The van der Waals surface area contributed by atoms with Gasteiger partial charge in [-0.3, -0.25) is 4.79 Å². The first kappa shape index (κ1) is 14.1. The molecule has 0 saturated carbocycles. The minimum absolute atomic E-state index is 0.207. The molecular weight excluding hydrogens is 254 g/mol. The van der Waals surface area contributed by atoms with Crippen LogP contribution in [0.15, 0.2) is 54.6 Å². The summed E-state index contributed by atoms with van der Waals surface area (Å²) < 4.78 is 0. The topological polar surface area (TPSA) is 69.6 Å². The van der Waals surface area contributed by atoms with E-state index in [4.69, 9.17) is 0 Å². The summed E-state index contributed by atoms with van der Waals surface area (Å²) in [6, 6.07) is 15.7. The summed E-state index contributed by atoms with van der Waals surface area (Å²) in [5.41, 5.74) is 1.50. The van der Waals surface area contributed by atoms with Gasteiger partial charge in [0, 0.05) is 6.54 Å². The van der Waals surface area contributed by atoms with Crippen LogP contribution < -0.4 is 5.32 Å². The maximum atomic E-state index is 11.8. The standard InChI is InChI=1S/C16H17NO3/c18-14-8-4-5-12(11-14)9-10-17-16(20)15(19)13-6-2-1-3-7-13/h1-8,11,15,18-19H,9-10H2,(H,17,20)/t15-/m0/s1. The molecule has 0 radical (unpaired) electrons. The number of hydrogen-bond donors (Lipinski definition) is 3. The number of carbonyl (C=O) groups excluding carboxylic acids is 1. The predicted molar refractivity (Wildman–Crippen MR) is 76.2 cm³/mol. The van der Waals surface area contributed by atoms with Gasteiger partial charge in [0.2, 0.25) is 0 Å². The lowest BCUT2D eigenvalue weighted by Crippen LogP contribution is -2.30. The monoisotopic (exact) mass is 271 g/mol. The first-order chi connectivity index (χ1) is 9.66. The van der Waals surface area contributed by atoms with Crippen LogP contribution in [0.3, 0.4) is 0 Å². The third-order valence-corrected chi connectivity index (χ3v) is 2.99. The van der Waals surface area contributed by atoms with Crippen molar-refractivity contribution in [3.63, 3.8) is 0 Å². The molecular formula is C16H17NO3. The Labute approximate surface area is 117 Å². The average Bonchev–Trinajstić information content (AvgIpc) is 2.47. The number of aromatic hydroxyl groups is 1. The number of carbonyl (C=O) groups is 1. The highest BCUT2D eigenvalue weighted by Crippen LogP contribution is 2.13. The first-order valence-corrected chi connectivity index (χ1v) is 6.45. The largest absolute Gasteiger partial charge is 0.508 e. The molecule has 0 fully saturated rings. The number of aliphatic hydroxyl groups excluding tert-OH is 1. The van der Waals surface area contributed by atoms with Crippen molar-refractivity contribution in [1.29, 1.82) is 0 Å². The summed E-state index contributed by atoms with van der Waals surface area (Å²) in [7, 11) is 0. The van der Waals surface area contributed by atoms with E-state index in [0.717, 1.165) is 5.56 Å². The van der Waals surface area contributed by atoms with Crippen molar-refractivity contribution in [3.05, 3.63) is 65.7 Å². The van der Waals surface area contributed by atoms with Crippen LogP contribution in [-0.4, -0.2) is 22.7 Å². The van der Waals surface area contributed by atoms with E-state index in [0.29, 0.717) is 18.5 Å². The van der Waals surface area contributed by atoms with Crippen LogP contribution in [0.5, 0.6) is 5.75 Å². The van der Waals surface area contributed by atoms with Gasteiger partial charge in [-0.2, -0.15) is 0 Å². The molecule has 2 aromatic rings. The Morgan fingerprint density at radius 2 is 1.85 bits per heavy atom. The zero-order valence-electron chi connectivity index (χ0n) is 11.0. The van der Waals surface area contributed by atoms with E-state index in [9.17, 15) is 15.0 Å². The molecule has 104 valence electrons. The Hall–Kier alpha value is -2.33. The van der Waals surface area contributed by atoms with Crippen LogP contribution >= 0.6 is 0 Å². The van der Waals surface area contributed by atoms with Crippen molar-refractivity contribution in [1.82, 2.24) is 5.32 Å². The van der Waals surface area contributed by atoms with Gasteiger partial charge in [-0.15, -0.1) is 0 Å². The summed E-state index contributed by atoms with van der Waals surface area (Å²) in [4.78, 5) is 11.8. The van der Waals surface area contributed by atoms with Crippen molar-refractivity contribution in [3.8, 4) is 5.75 Å². The summed E-state index contributed by atoms with van der Waals surface area (Å²) >= 11 is 0. The van der Waals surface area contributed by atoms with E-state index >= 15 is 0 Å². The Morgan fingerprint density at radius 1 is 1.10 bits per heavy atom. The lowest BCUT2D eigenvalue weighted by molar-refractivity contribution is -0.129. The highest BCUT2D eigenvalue weighted by Gasteiger charge is 2.15. The molecule has 2 rings (SSSR count). The second-order valence-electron chi connectivity index (χ2n) is 4.52. The van der Waals surface area contributed by atoms with Crippen molar-refractivity contribution >= 4 is 5.91 Å². The van der Waals surface area contributed by atoms with Gasteiger partial charge in [-0.25, -0.2) is 0 Å². The number of aliphatic hydroxyl groups is 1. The molecule has 0 bridgehead atoms. The Kier molecular flexibility index (Phi) is 4.74. The predicted octanol–water partition coefficient (Wildman–Crippen LogP) is 1.78. The van der Waals surface area contributed by atoms with Gasteiger partial charge >= 0.3 is 0 Å². The Balaban J connectivity index is 1.83. The molecule has 20 heavy (non-hydrogen) atoms. The van der Waals surface area contributed by atoms with Gasteiger partial charge in [0.05, 0.1) is 0 Å². The van der Waals surface area contributed by atoms with Crippen molar-refractivity contribution in [2.45, 2.75) is 12.5 Å². The minimum Gasteiger partial charge on any atom is -0.508 e. The van der Waals surface area contributed by atoms with Gasteiger partial charge in [0.1, 0.15) is 5.75 Å². The van der Waals surface area contributed by atoms with Crippen LogP contribution in [-0.2, 0) is 11.2 Å². The third-order valence-electron chi connectivity index (χ3n) is 2.99.